The maximum atomic E-state index is 5.41. The van der Waals surface area contributed by atoms with Gasteiger partial charge in [-0.1, -0.05) is 0 Å². The Hall–Kier alpha value is -0.160. The molecule has 0 saturated carbocycles. The molecule has 0 fully saturated rings. The minimum atomic E-state index is -0.260. The highest BCUT2D eigenvalue weighted by molar-refractivity contribution is 4.52. The molecule has 74 valence electrons. The van der Waals surface area contributed by atoms with Crippen LogP contribution >= 0.6 is 0 Å². The third-order valence-electron chi connectivity index (χ3n) is 1.53. The van der Waals surface area contributed by atoms with Crippen molar-refractivity contribution in [3.05, 3.63) is 0 Å². The van der Waals surface area contributed by atoms with Gasteiger partial charge >= 0.3 is 0 Å². The molecule has 0 aromatic carbocycles. The normalized spacial score (nSPS) is 13.8. The summed E-state index contributed by atoms with van der Waals surface area (Å²) in [6, 6.07) is 0. The Bertz CT molecular complexity index is 96.3. The third kappa shape index (κ3) is 5.49. The number of nitrogens with one attached hydrogen (secondary N) is 1. The number of methoxy groups -OCH3 is 2. The zero-order chi connectivity index (χ0) is 9.40. The molecule has 0 radical (unpaired) electrons. The zero-order valence-electron chi connectivity index (χ0n) is 8.29. The van der Waals surface area contributed by atoms with Crippen molar-refractivity contribution in [2.45, 2.75) is 19.3 Å². The second-order valence-electron chi connectivity index (χ2n) is 2.60. The van der Waals surface area contributed by atoms with E-state index >= 15 is 0 Å². The zero-order valence-corrected chi connectivity index (χ0v) is 8.29. The minimum Gasteiger partial charge on any atom is -0.372 e. The fourth-order valence-electron chi connectivity index (χ4n) is 0.822. The Labute approximate surface area is 74.2 Å². The van der Waals surface area contributed by atoms with Gasteiger partial charge in [0.15, 0.2) is 6.29 Å². The fourth-order valence-corrected chi connectivity index (χ4v) is 0.822. The van der Waals surface area contributed by atoms with Crippen LogP contribution in [0, 0.1) is 0 Å². The van der Waals surface area contributed by atoms with Crippen molar-refractivity contribution in [1.82, 2.24) is 5.32 Å². The topological polar surface area (TPSA) is 39.7 Å². The van der Waals surface area contributed by atoms with Crippen LogP contribution < -0.4 is 5.32 Å². The molecule has 0 aromatic rings. The summed E-state index contributed by atoms with van der Waals surface area (Å²) in [7, 11) is 5.09. The first kappa shape index (κ1) is 11.8. The molecule has 0 amide bonds. The Morgan fingerprint density at radius 1 is 1.25 bits per heavy atom. The molecule has 1 atom stereocenters. The summed E-state index contributed by atoms with van der Waals surface area (Å²) in [5, 5.41) is 3.02. The van der Waals surface area contributed by atoms with Crippen LogP contribution in [0.25, 0.3) is 0 Å². The maximum Gasteiger partial charge on any atom is 0.180 e. The van der Waals surface area contributed by atoms with Crippen molar-refractivity contribution < 1.29 is 14.2 Å². The van der Waals surface area contributed by atoms with E-state index in [-0.39, 0.29) is 12.4 Å². The molecule has 4 heteroatoms. The van der Waals surface area contributed by atoms with Crippen LogP contribution in [0.5, 0.6) is 0 Å². The average molecular weight is 177 g/mol. The smallest absolute Gasteiger partial charge is 0.180 e. The van der Waals surface area contributed by atoms with Crippen molar-refractivity contribution >= 4 is 0 Å². The summed E-state index contributed by atoms with van der Waals surface area (Å²) in [6.45, 7) is 3.30. The van der Waals surface area contributed by atoms with Gasteiger partial charge in [-0.3, -0.25) is 0 Å². The lowest BCUT2D eigenvalue weighted by Crippen LogP contribution is -2.29. The first-order chi connectivity index (χ1) is 5.74. The van der Waals surface area contributed by atoms with Gasteiger partial charge in [0.05, 0.1) is 12.7 Å². The summed E-state index contributed by atoms with van der Waals surface area (Å²) < 4.78 is 15.3. The molecule has 4 nitrogen and oxygen atoms in total. The predicted molar refractivity (Wildman–Crippen MR) is 47.1 cm³/mol. The number of likely N-dealkylation sites (N-methyl/N-ethyl adjacent to an activating group) is 1. The molecule has 12 heavy (non-hydrogen) atoms. The van der Waals surface area contributed by atoms with Crippen LogP contribution in [0.3, 0.4) is 0 Å². The summed E-state index contributed by atoms with van der Waals surface area (Å²) in [6.07, 6.45) is -0.0768. The van der Waals surface area contributed by atoms with E-state index in [9.17, 15) is 0 Å². The van der Waals surface area contributed by atoms with Gasteiger partial charge in [0.1, 0.15) is 0 Å². The lowest BCUT2D eigenvalue weighted by Gasteiger charge is -2.17. The van der Waals surface area contributed by atoms with Crippen molar-refractivity contribution in [3.63, 3.8) is 0 Å². The highest BCUT2D eigenvalue weighted by atomic mass is 16.7. The Morgan fingerprint density at radius 2 is 1.83 bits per heavy atom. The molecule has 0 aromatic heterocycles. The molecule has 0 aliphatic rings. The quantitative estimate of drug-likeness (QED) is 0.565. The molecule has 0 spiro atoms. The third-order valence-corrected chi connectivity index (χ3v) is 1.53. The Kier molecular flexibility index (Phi) is 7.39. The second-order valence-corrected chi connectivity index (χ2v) is 2.60. The van der Waals surface area contributed by atoms with Crippen LogP contribution in [-0.2, 0) is 14.2 Å². The molecule has 0 rings (SSSR count). The van der Waals surface area contributed by atoms with Crippen molar-refractivity contribution in [2.24, 2.45) is 0 Å². The van der Waals surface area contributed by atoms with Crippen LogP contribution in [0.1, 0.15) is 6.92 Å². The molecule has 0 aliphatic carbocycles. The van der Waals surface area contributed by atoms with E-state index in [2.05, 4.69) is 5.32 Å². The van der Waals surface area contributed by atoms with Gasteiger partial charge in [-0.2, -0.15) is 0 Å². The molecule has 0 aliphatic heterocycles. The molecule has 0 heterocycles. The Morgan fingerprint density at radius 3 is 2.25 bits per heavy atom. The lowest BCUT2D eigenvalue weighted by molar-refractivity contribution is -0.149. The van der Waals surface area contributed by atoms with E-state index < -0.39 is 0 Å². The molecule has 1 unspecified atom stereocenters. The highest BCUT2D eigenvalue weighted by Gasteiger charge is 2.07. The van der Waals surface area contributed by atoms with E-state index in [1.165, 1.54) is 0 Å². The van der Waals surface area contributed by atoms with Crippen molar-refractivity contribution in [2.75, 3.05) is 34.4 Å². The van der Waals surface area contributed by atoms with Crippen LogP contribution in [0.15, 0.2) is 0 Å². The van der Waals surface area contributed by atoms with Gasteiger partial charge in [0.25, 0.3) is 0 Å². The monoisotopic (exact) mass is 177 g/mol. The van der Waals surface area contributed by atoms with E-state index in [1.54, 1.807) is 14.2 Å². The number of ether oxygens (including phenoxy) is 3. The molecular formula is C8H19NO3. The maximum absolute atomic E-state index is 5.41. The van der Waals surface area contributed by atoms with Crippen molar-refractivity contribution in [3.8, 4) is 0 Å². The Balaban J connectivity index is 3.37. The standard InChI is InChI=1S/C8H19NO3/c1-7(5-9-2)12-6-8(10-3)11-4/h7-9H,5-6H2,1-4H3. The van der Waals surface area contributed by atoms with Crippen molar-refractivity contribution in [1.29, 1.82) is 0 Å². The van der Waals surface area contributed by atoms with Gasteiger partial charge in [-0.05, 0) is 14.0 Å². The van der Waals surface area contributed by atoms with E-state index in [4.69, 9.17) is 14.2 Å². The molecule has 0 saturated heterocycles. The first-order valence-electron chi connectivity index (χ1n) is 4.06. The molecule has 0 bridgehead atoms. The van der Waals surface area contributed by atoms with Gasteiger partial charge in [0.2, 0.25) is 0 Å². The van der Waals surface area contributed by atoms with Crippen LogP contribution in [0.2, 0.25) is 0 Å². The number of rotatable bonds is 7. The van der Waals surface area contributed by atoms with Gasteiger partial charge in [-0.25, -0.2) is 0 Å². The average Bonchev–Trinajstić information content (AvgIpc) is 2.07. The fraction of sp³-hybridized carbons (Fsp3) is 1.00. The minimum absolute atomic E-state index is 0.183. The summed E-state index contributed by atoms with van der Waals surface area (Å²) in [5.41, 5.74) is 0. The number of hydrogen-bond donors (Lipinski definition) is 1. The van der Waals surface area contributed by atoms with Crippen LogP contribution in [-0.4, -0.2) is 46.8 Å². The van der Waals surface area contributed by atoms with E-state index in [1.807, 2.05) is 14.0 Å². The van der Waals surface area contributed by atoms with E-state index in [0.29, 0.717) is 6.61 Å². The molecule has 1 N–H and O–H groups in total. The summed E-state index contributed by atoms with van der Waals surface area (Å²) in [5.74, 6) is 0. The summed E-state index contributed by atoms with van der Waals surface area (Å²) in [4.78, 5) is 0. The number of hydrogen-bond acceptors (Lipinski definition) is 4. The van der Waals surface area contributed by atoms with Gasteiger partial charge in [0, 0.05) is 20.8 Å². The highest BCUT2D eigenvalue weighted by Crippen LogP contribution is 1.95. The lowest BCUT2D eigenvalue weighted by atomic mass is 10.4. The van der Waals surface area contributed by atoms with E-state index in [0.717, 1.165) is 6.54 Å². The predicted octanol–water partition coefficient (Wildman–Crippen LogP) is 0.230. The first-order valence-corrected chi connectivity index (χ1v) is 4.06. The van der Waals surface area contributed by atoms with Gasteiger partial charge < -0.3 is 19.5 Å². The summed E-state index contributed by atoms with van der Waals surface area (Å²) >= 11 is 0. The van der Waals surface area contributed by atoms with Gasteiger partial charge in [-0.15, -0.1) is 0 Å². The van der Waals surface area contributed by atoms with Crippen LogP contribution in [0.4, 0.5) is 0 Å². The molecular weight excluding hydrogens is 158 g/mol. The second kappa shape index (κ2) is 7.49. The SMILES string of the molecule is CNCC(C)OCC(OC)OC. The largest absolute Gasteiger partial charge is 0.372 e.